The highest BCUT2D eigenvalue weighted by Crippen LogP contribution is 2.30. The second-order valence-electron chi connectivity index (χ2n) is 8.21. The van der Waals surface area contributed by atoms with Gasteiger partial charge in [0.15, 0.2) is 0 Å². The van der Waals surface area contributed by atoms with Crippen molar-refractivity contribution in [1.82, 2.24) is 14.9 Å². The molecule has 32 heavy (non-hydrogen) atoms. The van der Waals surface area contributed by atoms with Crippen LogP contribution in [0.4, 0.5) is 13.2 Å². The smallest absolute Gasteiger partial charge is 0.417 e. The maximum absolute atomic E-state index is 12.8. The van der Waals surface area contributed by atoms with E-state index in [0.717, 1.165) is 35.2 Å². The number of piperazine rings is 1. The lowest BCUT2D eigenvalue weighted by molar-refractivity contribution is -0.894. The first-order chi connectivity index (χ1) is 14.6. The van der Waals surface area contributed by atoms with Crippen LogP contribution in [0.25, 0.3) is 10.9 Å². The van der Waals surface area contributed by atoms with E-state index in [4.69, 9.17) is 4.74 Å². The minimum absolute atomic E-state index is 0. The van der Waals surface area contributed by atoms with Crippen LogP contribution < -0.4 is 28.7 Å². The van der Waals surface area contributed by atoms with E-state index in [2.05, 4.69) is 24.1 Å². The number of hydrogen-bond acceptors (Lipinski definition) is 4. The number of carbonyl (C=O) groups excluding carboxylic acids is 1. The van der Waals surface area contributed by atoms with E-state index < -0.39 is 11.7 Å². The van der Waals surface area contributed by atoms with E-state index in [0.29, 0.717) is 30.0 Å². The summed E-state index contributed by atoms with van der Waals surface area (Å²) in [5.41, 5.74) is 0.181. The minimum Gasteiger partial charge on any atom is -1.00 e. The van der Waals surface area contributed by atoms with Gasteiger partial charge in [-0.1, -0.05) is 6.07 Å². The monoisotopic (exact) mass is 558 g/mol. The molecule has 0 atom stereocenters. The van der Waals surface area contributed by atoms with Gasteiger partial charge in [0, 0.05) is 17.6 Å². The van der Waals surface area contributed by atoms with Gasteiger partial charge in [-0.15, -0.1) is 0 Å². The summed E-state index contributed by atoms with van der Waals surface area (Å²) in [7, 11) is 4.30. The fraction of sp³-hybridized carbons (Fsp3) is 0.318. The lowest BCUT2D eigenvalue weighted by Crippen LogP contribution is -3.00. The molecule has 10 heteroatoms. The van der Waals surface area contributed by atoms with Gasteiger partial charge in [-0.3, -0.25) is 4.79 Å². The average Bonchev–Trinajstić information content (AvgIpc) is 2.72. The molecule has 1 aliphatic heterocycles. The Morgan fingerprint density at radius 1 is 1.06 bits per heavy atom. The molecule has 4 rings (SSSR count). The van der Waals surface area contributed by atoms with Crippen LogP contribution in [0.1, 0.15) is 16.1 Å². The second-order valence-corrected chi connectivity index (χ2v) is 8.21. The molecule has 1 fully saturated rings. The zero-order chi connectivity index (χ0) is 22.2. The normalized spacial score (nSPS) is 15.8. The van der Waals surface area contributed by atoms with Gasteiger partial charge in [-0.2, -0.15) is 13.2 Å². The summed E-state index contributed by atoms with van der Waals surface area (Å²) in [4.78, 5) is 22.8. The van der Waals surface area contributed by atoms with Crippen LogP contribution >= 0.6 is 0 Å². The molecule has 6 nitrogen and oxygen atoms in total. The number of halogens is 4. The van der Waals surface area contributed by atoms with E-state index in [1.807, 2.05) is 4.90 Å². The number of quaternary nitrogens is 1. The zero-order valence-electron chi connectivity index (χ0n) is 17.6. The van der Waals surface area contributed by atoms with Gasteiger partial charge in [0.25, 0.3) is 5.91 Å². The van der Waals surface area contributed by atoms with Crippen molar-refractivity contribution in [3.05, 3.63) is 59.9 Å². The van der Waals surface area contributed by atoms with Crippen molar-refractivity contribution in [2.75, 3.05) is 40.3 Å². The Kier molecular flexibility index (Phi) is 6.94. The molecule has 1 aromatic carbocycles. The first-order valence-corrected chi connectivity index (χ1v) is 9.84. The van der Waals surface area contributed by atoms with E-state index in [-0.39, 0.29) is 35.8 Å². The molecule has 0 aliphatic carbocycles. The van der Waals surface area contributed by atoms with Crippen molar-refractivity contribution in [1.29, 1.82) is 0 Å². The number of fused-ring (bicyclic) bond motifs is 1. The van der Waals surface area contributed by atoms with Crippen LogP contribution in [0, 0.1) is 0 Å². The lowest BCUT2D eigenvalue weighted by atomic mass is 10.1. The molecule has 0 saturated carbocycles. The molecular weight excluding hydrogens is 536 g/mol. The summed E-state index contributed by atoms with van der Waals surface area (Å²) < 4.78 is 44.4. The van der Waals surface area contributed by atoms with Gasteiger partial charge in [0.05, 0.1) is 51.4 Å². The van der Waals surface area contributed by atoms with Gasteiger partial charge < -0.3 is 38.1 Å². The number of aromatic nitrogens is 2. The number of likely N-dealkylation sites (N-methyl/N-ethyl adjacent to an activating group) is 1. The molecule has 0 unspecified atom stereocenters. The van der Waals surface area contributed by atoms with Crippen LogP contribution in [-0.4, -0.2) is 65.5 Å². The van der Waals surface area contributed by atoms with E-state index >= 15 is 0 Å². The number of rotatable bonds is 3. The standard InChI is InChI=1S/C22H22F3N4O2.HI/c1-29(2)11-9-28(10-12-29)21(30)19-6-3-15-13-17(5-7-18(15)27-19)31-20-8-4-16(14-26-20)22(23,24)25;/h3-8,13-14H,9-12H2,1-2H3;1H/q+1;/p-1. The van der Waals surface area contributed by atoms with Gasteiger partial charge in [-0.05, 0) is 30.3 Å². The topological polar surface area (TPSA) is 55.3 Å². The van der Waals surface area contributed by atoms with Gasteiger partial charge >= 0.3 is 6.18 Å². The van der Waals surface area contributed by atoms with Gasteiger partial charge in [0.2, 0.25) is 5.88 Å². The van der Waals surface area contributed by atoms with Crippen LogP contribution in [0.2, 0.25) is 0 Å². The zero-order valence-corrected chi connectivity index (χ0v) is 19.7. The molecule has 3 aromatic rings. The van der Waals surface area contributed by atoms with Crippen LogP contribution in [0.3, 0.4) is 0 Å². The Labute approximate surface area is 200 Å². The Bertz CT molecular complexity index is 1110. The summed E-state index contributed by atoms with van der Waals surface area (Å²) in [6, 6.07) is 10.6. The summed E-state index contributed by atoms with van der Waals surface area (Å²) in [5, 5.41) is 0.748. The fourth-order valence-electron chi connectivity index (χ4n) is 3.39. The number of hydrogen-bond donors (Lipinski definition) is 0. The molecule has 2 aromatic heterocycles. The van der Waals surface area contributed by atoms with Crippen molar-refractivity contribution in [2.45, 2.75) is 6.18 Å². The molecule has 170 valence electrons. The Morgan fingerprint density at radius 3 is 2.41 bits per heavy atom. The van der Waals surface area contributed by atoms with Crippen LogP contribution in [0.5, 0.6) is 11.6 Å². The molecular formula is C22H22F3IN4O2. The number of alkyl halides is 3. The molecule has 1 saturated heterocycles. The summed E-state index contributed by atoms with van der Waals surface area (Å²) in [6.07, 6.45) is -3.71. The van der Waals surface area contributed by atoms with Crippen molar-refractivity contribution in [3.8, 4) is 11.6 Å². The lowest BCUT2D eigenvalue weighted by Gasteiger charge is -2.38. The Morgan fingerprint density at radius 2 is 1.78 bits per heavy atom. The van der Waals surface area contributed by atoms with Gasteiger partial charge in [0.1, 0.15) is 11.4 Å². The first-order valence-electron chi connectivity index (χ1n) is 9.84. The number of ether oxygens (including phenoxy) is 1. The number of carbonyl (C=O) groups is 1. The molecule has 0 radical (unpaired) electrons. The second kappa shape index (κ2) is 9.18. The third kappa shape index (κ3) is 5.47. The van der Waals surface area contributed by atoms with E-state index in [1.54, 1.807) is 30.3 Å². The SMILES string of the molecule is C[N+]1(C)CCN(C(=O)c2ccc3cc(Oc4ccc(C(F)(F)F)cn4)ccc3n2)CC1.[I-]. The molecule has 1 aliphatic rings. The van der Waals surface area contributed by atoms with Crippen LogP contribution in [-0.2, 0) is 6.18 Å². The van der Waals surface area contributed by atoms with E-state index in [1.165, 1.54) is 6.07 Å². The highest BCUT2D eigenvalue weighted by Gasteiger charge is 2.31. The van der Waals surface area contributed by atoms with E-state index in [9.17, 15) is 18.0 Å². The molecule has 3 heterocycles. The summed E-state index contributed by atoms with van der Waals surface area (Å²) >= 11 is 0. The summed E-state index contributed by atoms with van der Waals surface area (Å²) in [5.74, 6) is 0.381. The number of amides is 1. The minimum atomic E-state index is -4.45. The van der Waals surface area contributed by atoms with Gasteiger partial charge in [-0.25, -0.2) is 9.97 Å². The quantitative estimate of drug-likeness (QED) is 0.356. The van der Waals surface area contributed by atoms with Crippen molar-refractivity contribution >= 4 is 16.8 Å². The number of pyridine rings is 2. The van der Waals surface area contributed by atoms with Crippen molar-refractivity contribution < 1.29 is 51.2 Å². The fourth-order valence-corrected chi connectivity index (χ4v) is 3.39. The Balaban J connectivity index is 0.00000289. The highest BCUT2D eigenvalue weighted by molar-refractivity contribution is 5.95. The largest absolute Gasteiger partial charge is 1.00 e. The maximum atomic E-state index is 12.8. The maximum Gasteiger partial charge on any atom is 0.417 e. The Hall–Kier alpha value is -2.47. The average molecular weight is 558 g/mol. The molecule has 0 bridgehead atoms. The number of benzene rings is 1. The third-order valence-corrected chi connectivity index (χ3v) is 5.40. The summed E-state index contributed by atoms with van der Waals surface area (Å²) in [6.45, 7) is 3.19. The highest BCUT2D eigenvalue weighted by atomic mass is 127. The number of nitrogens with zero attached hydrogens (tertiary/aromatic N) is 4. The third-order valence-electron chi connectivity index (χ3n) is 5.40. The predicted octanol–water partition coefficient (Wildman–Crippen LogP) is 0.977. The molecule has 0 spiro atoms. The predicted molar refractivity (Wildman–Crippen MR) is 109 cm³/mol. The molecule has 1 amide bonds. The van der Waals surface area contributed by atoms with Crippen molar-refractivity contribution in [3.63, 3.8) is 0 Å². The van der Waals surface area contributed by atoms with Crippen molar-refractivity contribution in [2.24, 2.45) is 0 Å². The first kappa shape index (κ1) is 24.2. The molecule has 0 N–H and O–H groups in total. The van der Waals surface area contributed by atoms with Crippen LogP contribution in [0.15, 0.2) is 48.7 Å².